The average molecular weight is 254 g/mol. The molecule has 0 aromatic carbocycles. The molecule has 0 unspecified atom stereocenters. The Bertz CT molecular complexity index is 184. The van der Waals surface area contributed by atoms with Gasteiger partial charge in [-0.1, -0.05) is 26.7 Å². The molecule has 0 fully saturated rings. The summed E-state index contributed by atoms with van der Waals surface area (Å²) in [6.07, 6.45) is 3.52. The van der Waals surface area contributed by atoms with Crippen molar-refractivity contribution in [1.82, 2.24) is 0 Å². The molecule has 0 amide bonds. The van der Waals surface area contributed by atoms with E-state index in [4.69, 9.17) is 18.7 Å². The molecule has 0 radical (unpaired) electrons. The first-order valence-corrected chi connectivity index (χ1v) is 7.29. The minimum Gasteiger partial charge on any atom is -0.394 e. The van der Waals surface area contributed by atoms with E-state index in [9.17, 15) is 4.57 Å². The van der Waals surface area contributed by atoms with E-state index in [2.05, 4.69) is 0 Å². The summed E-state index contributed by atoms with van der Waals surface area (Å²) in [6.45, 7) is 4.51. The fourth-order valence-electron chi connectivity index (χ4n) is 0.906. The van der Waals surface area contributed by atoms with Crippen LogP contribution in [0.15, 0.2) is 0 Å². The molecule has 0 saturated heterocycles. The Labute approximate surface area is 97.7 Å². The highest BCUT2D eigenvalue weighted by Gasteiger charge is 2.25. The van der Waals surface area contributed by atoms with Gasteiger partial charge in [-0.3, -0.25) is 13.6 Å². The van der Waals surface area contributed by atoms with Gasteiger partial charge in [0.1, 0.15) is 0 Å². The van der Waals surface area contributed by atoms with Crippen LogP contribution in [0.5, 0.6) is 0 Å². The smallest absolute Gasteiger partial charge is 0.394 e. The van der Waals surface area contributed by atoms with Gasteiger partial charge in [-0.25, -0.2) is 4.57 Å². The lowest BCUT2D eigenvalue weighted by Gasteiger charge is -2.17. The number of phosphoric ester groups is 1. The third-order valence-electron chi connectivity index (χ3n) is 1.84. The number of aliphatic hydroxyl groups excluding tert-OH is 1. The third kappa shape index (κ3) is 8.25. The Hall–Kier alpha value is 0.0700. The Morgan fingerprint density at radius 1 is 0.938 bits per heavy atom. The largest absolute Gasteiger partial charge is 0.474 e. The summed E-state index contributed by atoms with van der Waals surface area (Å²) in [6, 6.07) is 0. The standard InChI is InChI=1S/C10H23O5P/c1-3-5-8-13-16(12,15-10-7-11)14-9-6-4-2/h11H,3-10H2,1-2H3. The van der Waals surface area contributed by atoms with Crippen molar-refractivity contribution in [2.75, 3.05) is 26.4 Å². The summed E-state index contributed by atoms with van der Waals surface area (Å²) >= 11 is 0. The number of hydrogen-bond donors (Lipinski definition) is 1. The molecular weight excluding hydrogens is 231 g/mol. The highest BCUT2D eigenvalue weighted by Crippen LogP contribution is 2.49. The highest BCUT2D eigenvalue weighted by molar-refractivity contribution is 7.48. The van der Waals surface area contributed by atoms with Gasteiger partial charge in [0.05, 0.1) is 26.4 Å². The quantitative estimate of drug-likeness (QED) is 0.453. The summed E-state index contributed by atoms with van der Waals surface area (Å²) < 4.78 is 27.1. The fraction of sp³-hybridized carbons (Fsp3) is 1.00. The second-order valence-electron chi connectivity index (χ2n) is 3.38. The van der Waals surface area contributed by atoms with Crippen molar-refractivity contribution < 1.29 is 23.2 Å². The van der Waals surface area contributed by atoms with Crippen molar-refractivity contribution in [1.29, 1.82) is 0 Å². The Balaban J connectivity index is 3.97. The van der Waals surface area contributed by atoms with E-state index in [1.807, 2.05) is 13.8 Å². The first kappa shape index (κ1) is 16.1. The highest BCUT2D eigenvalue weighted by atomic mass is 31.2. The van der Waals surface area contributed by atoms with Crippen LogP contribution in [0.2, 0.25) is 0 Å². The van der Waals surface area contributed by atoms with Crippen LogP contribution in [0, 0.1) is 0 Å². The number of aliphatic hydroxyl groups is 1. The Morgan fingerprint density at radius 3 is 1.75 bits per heavy atom. The normalized spacial score (nSPS) is 11.9. The zero-order chi connectivity index (χ0) is 12.3. The second-order valence-corrected chi connectivity index (χ2v) is 5.05. The lowest BCUT2D eigenvalue weighted by molar-refractivity contribution is 0.0943. The maximum absolute atomic E-state index is 11.9. The van der Waals surface area contributed by atoms with Crippen molar-refractivity contribution in [2.45, 2.75) is 39.5 Å². The van der Waals surface area contributed by atoms with Gasteiger partial charge in [-0.2, -0.15) is 0 Å². The van der Waals surface area contributed by atoms with Gasteiger partial charge >= 0.3 is 7.82 Å². The van der Waals surface area contributed by atoms with E-state index >= 15 is 0 Å². The first-order chi connectivity index (χ1) is 7.68. The fourth-order valence-corrected chi connectivity index (χ4v) is 2.14. The maximum Gasteiger partial charge on any atom is 0.474 e. The molecule has 0 rings (SSSR count). The van der Waals surface area contributed by atoms with Crippen LogP contribution >= 0.6 is 7.82 Å². The van der Waals surface area contributed by atoms with Gasteiger partial charge < -0.3 is 5.11 Å². The molecule has 0 aromatic heterocycles. The molecule has 0 aliphatic carbocycles. The summed E-state index contributed by atoms with van der Waals surface area (Å²) in [4.78, 5) is 0. The predicted molar refractivity (Wildman–Crippen MR) is 62.4 cm³/mol. The van der Waals surface area contributed by atoms with Gasteiger partial charge in [-0.05, 0) is 12.8 Å². The average Bonchev–Trinajstić information content (AvgIpc) is 2.27. The van der Waals surface area contributed by atoms with Gasteiger partial charge in [0.2, 0.25) is 0 Å². The molecule has 0 atom stereocenters. The lowest BCUT2D eigenvalue weighted by Crippen LogP contribution is -2.05. The molecule has 0 saturated carbocycles. The SMILES string of the molecule is CCCCOP(=O)(OCCO)OCCCC. The summed E-state index contributed by atoms with van der Waals surface area (Å²) in [7, 11) is -3.46. The van der Waals surface area contributed by atoms with Crippen LogP contribution in [-0.2, 0) is 18.1 Å². The molecule has 16 heavy (non-hydrogen) atoms. The van der Waals surface area contributed by atoms with Gasteiger partial charge in [0.15, 0.2) is 0 Å². The van der Waals surface area contributed by atoms with Crippen LogP contribution in [0.1, 0.15) is 39.5 Å². The molecule has 0 heterocycles. The molecular formula is C10H23O5P. The van der Waals surface area contributed by atoms with Gasteiger partial charge in [-0.15, -0.1) is 0 Å². The molecule has 5 nitrogen and oxygen atoms in total. The molecule has 0 aromatic rings. The number of unbranched alkanes of at least 4 members (excludes halogenated alkanes) is 2. The van der Waals surface area contributed by atoms with Crippen LogP contribution < -0.4 is 0 Å². The van der Waals surface area contributed by atoms with E-state index < -0.39 is 7.82 Å². The van der Waals surface area contributed by atoms with Crippen molar-refractivity contribution in [3.8, 4) is 0 Å². The van der Waals surface area contributed by atoms with Crippen molar-refractivity contribution in [3.63, 3.8) is 0 Å². The number of hydrogen-bond acceptors (Lipinski definition) is 5. The molecule has 6 heteroatoms. The van der Waals surface area contributed by atoms with E-state index in [1.165, 1.54) is 0 Å². The van der Waals surface area contributed by atoms with E-state index in [-0.39, 0.29) is 13.2 Å². The van der Waals surface area contributed by atoms with Crippen LogP contribution in [-0.4, -0.2) is 31.5 Å². The first-order valence-electron chi connectivity index (χ1n) is 5.83. The third-order valence-corrected chi connectivity index (χ3v) is 3.33. The van der Waals surface area contributed by atoms with Crippen molar-refractivity contribution in [3.05, 3.63) is 0 Å². The molecule has 0 spiro atoms. The van der Waals surface area contributed by atoms with Gasteiger partial charge in [0, 0.05) is 0 Å². The summed E-state index contributed by atoms with van der Waals surface area (Å²) in [5.41, 5.74) is 0. The monoisotopic (exact) mass is 254 g/mol. The Morgan fingerprint density at radius 2 is 1.38 bits per heavy atom. The molecule has 1 N–H and O–H groups in total. The summed E-state index contributed by atoms with van der Waals surface area (Å²) in [5.74, 6) is 0. The summed E-state index contributed by atoms with van der Waals surface area (Å²) in [5, 5.41) is 8.62. The van der Waals surface area contributed by atoms with E-state index in [1.54, 1.807) is 0 Å². The maximum atomic E-state index is 11.9. The minimum atomic E-state index is -3.46. The number of rotatable bonds is 11. The molecule has 98 valence electrons. The van der Waals surface area contributed by atoms with Crippen LogP contribution in [0.4, 0.5) is 0 Å². The molecule has 0 aliphatic heterocycles. The zero-order valence-corrected chi connectivity index (χ0v) is 11.1. The van der Waals surface area contributed by atoms with Crippen molar-refractivity contribution in [2.24, 2.45) is 0 Å². The molecule has 0 bridgehead atoms. The number of phosphoric acid groups is 1. The zero-order valence-electron chi connectivity index (χ0n) is 10.2. The van der Waals surface area contributed by atoms with E-state index in [0.29, 0.717) is 13.2 Å². The van der Waals surface area contributed by atoms with E-state index in [0.717, 1.165) is 25.7 Å². The minimum absolute atomic E-state index is 0.0322. The van der Waals surface area contributed by atoms with Crippen molar-refractivity contribution >= 4 is 7.82 Å². The topological polar surface area (TPSA) is 65.0 Å². The van der Waals surface area contributed by atoms with Crippen LogP contribution in [0.3, 0.4) is 0 Å². The molecule has 0 aliphatic rings. The lowest BCUT2D eigenvalue weighted by atomic mass is 10.4. The predicted octanol–water partition coefficient (Wildman–Crippen LogP) is 2.74. The van der Waals surface area contributed by atoms with Gasteiger partial charge in [0.25, 0.3) is 0 Å². The Kier molecular flexibility index (Phi) is 10.3. The second kappa shape index (κ2) is 10.2. The van der Waals surface area contributed by atoms with Crippen LogP contribution in [0.25, 0.3) is 0 Å².